The lowest BCUT2D eigenvalue weighted by Gasteiger charge is -2.25. The molecule has 0 spiro atoms. The molecule has 0 N–H and O–H groups in total. The summed E-state index contributed by atoms with van der Waals surface area (Å²) in [6, 6.07) is 10.4. The summed E-state index contributed by atoms with van der Waals surface area (Å²) in [5.74, 6) is 0.185. The Kier molecular flexibility index (Phi) is 4.32. The number of alkyl halides is 3. The van der Waals surface area contributed by atoms with Crippen molar-refractivity contribution in [3.05, 3.63) is 35.9 Å². The van der Waals surface area contributed by atoms with Gasteiger partial charge in [-0.15, -0.1) is 0 Å². The number of nitrogens with zero attached hydrogens (tertiary/aromatic N) is 3. The number of aromatic nitrogens is 1. The quantitative estimate of drug-likeness (QED) is 0.858. The molecule has 0 unspecified atom stereocenters. The normalized spacial score (nSPS) is 11.4. The highest BCUT2D eigenvalue weighted by Crippen LogP contribution is 2.25. The summed E-state index contributed by atoms with van der Waals surface area (Å²) in [6.45, 7) is 0.961. The molecule has 2 aromatic rings. The van der Waals surface area contributed by atoms with Gasteiger partial charge in [0.15, 0.2) is 0 Å². The van der Waals surface area contributed by atoms with E-state index in [9.17, 15) is 18.4 Å². The number of pyridine rings is 1. The van der Waals surface area contributed by atoms with E-state index in [1.807, 2.05) is 6.07 Å². The molecule has 1 heterocycles. The van der Waals surface area contributed by atoms with E-state index in [0.29, 0.717) is 22.9 Å². The van der Waals surface area contributed by atoms with E-state index in [4.69, 9.17) is 0 Å². The van der Waals surface area contributed by atoms with Gasteiger partial charge in [0.2, 0.25) is 0 Å². The topological polar surface area (TPSA) is 39.9 Å². The molecular weight excluding hydrogens is 279 g/mol. The van der Waals surface area contributed by atoms with Crippen molar-refractivity contribution in [2.75, 3.05) is 18.0 Å². The average molecular weight is 293 g/mol. The van der Waals surface area contributed by atoms with Crippen molar-refractivity contribution in [2.45, 2.75) is 19.5 Å². The maximum Gasteiger partial charge on any atom is 0.405 e. The zero-order chi connectivity index (χ0) is 15.5. The van der Waals surface area contributed by atoms with Crippen molar-refractivity contribution in [2.24, 2.45) is 0 Å². The fourth-order valence-corrected chi connectivity index (χ4v) is 2.18. The largest absolute Gasteiger partial charge is 0.405 e. The van der Waals surface area contributed by atoms with Crippen LogP contribution in [0.15, 0.2) is 30.3 Å². The van der Waals surface area contributed by atoms with E-state index < -0.39 is 12.7 Å². The molecule has 6 heteroatoms. The molecule has 110 valence electrons. The van der Waals surface area contributed by atoms with Crippen LogP contribution in [0, 0.1) is 11.3 Å². The van der Waals surface area contributed by atoms with Crippen LogP contribution in [-0.2, 0) is 0 Å². The van der Waals surface area contributed by atoms with Gasteiger partial charge in [-0.1, -0.05) is 25.1 Å². The molecule has 0 saturated carbocycles. The Morgan fingerprint density at radius 3 is 2.62 bits per heavy atom. The molecule has 0 bridgehead atoms. The van der Waals surface area contributed by atoms with Crippen LogP contribution in [0.4, 0.5) is 19.0 Å². The first-order valence-electron chi connectivity index (χ1n) is 6.56. The summed E-state index contributed by atoms with van der Waals surface area (Å²) in [4.78, 5) is 5.42. The van der Waals surface area contributed by atoms with Gasteiger partial charge in [0, 0.05) is 11.9 Å². The van der Waals surface area contributed by atoms with Crippen molar-refractivity contribution in [3.8, 4) is 6.07 Å². The maximum atomic E-state index is 12.7. The predicted octanol–water partition coefficient (Wildman–Crippen LogP) is 3.89. The standard InChI is InChI=1S/C15H14F3N3/c1-2-7-21(10-15(16,17)18)14-8-11(9-19)12-5-3-4-6-13(12)20-14/h3-6,8H,2,7,10H2,1H3. The molecule has 0 aliphatic carbocycles. The lowest BCUT2D eigenvalue weighted by Crippen LogP contribution is -2.35. The van der Waals surface area contributed by atoms with Gasteiger partial charge in [-0.2, -0.15) is 18.4 Å². The third-order valence-corrected chi connectivity index (χ3v) is 3.01. The fourth-order valence-electron chi connectivity index (χ4n) is 2.18. The van der Waals surface area contributed by atoms with Crippen molar-refractivity contribution < 1.29 is 13.2 Å². The summed E-state index contributed by atoms with van der Waals surface area (Å²) in [5, 5.41) is 9.83. The molecule has 21 heavy (non-hydrogen) atoms. The summed E-state index contributed by atoms with van der Waals surface area (Å²) in [5.41, 5.74) is 0.855. The van der Waals surface area contributed by atoms with Crippen molar-refractivity contribution in [1.29, 1.82) is 5.26 Å². The summed E-state index contributed by atoms with van der Waals surface area (Å²) in [6.07, 6.45) is -3.75. The molecule has 1 aromatic carbocycles. The summed E-state index contributed by atoms with van der Waals surface area (Å²) in [7, 11) is 0. The SMILES string of the molecule is CCCN(CC(F)(F)F)c1cc(C#N)c2ccccc2n1. The van der Waals surface area contributed by atoms with Gasteiger partial charge in [-0.25, -0.2) is 4.98 Å². The third kappa shape index (κ3) is 3.63. The second kappa shape index (κ2) is 6.00. The lowest BCUT2D eigenvalue weighted by molar-refractivity contribution is -0.119. The van der Waals surface area contributed by atoms with Gasteiger partial charge < -0.3 is 4.90 Å². The highest BCUT2D eigenvalue weighted by Gasteiger charge is 2.31. The molecule has 0 saturated heterocycles. The Morgan fingerprint density at radius 1 is 1.29 bits per heavy atom. The van der Waals surface area contributed by atoms with Crippen LogP contribution in [-0.4, -0.2) is 24.2 Å². The first-order valence-corrected chi connectivity index (χ1v) is 6.56. The minimum absolute atomic E-state index is 0.185. The predicted molar refractivity (Wildman–Crippen MR) is 75.0 cm³/mol. The molecule has 1 aromatic heterocycles. The van der Waals surface area contributed by atoms with E-state index in [1.54, 1.807) is 31.2 Å². The Labute approximate surface area is 120 Å². The summed E-state index contributed by atoms with van der Waals surface area (Å²) < 4.78 is 38.0. The Morgan fingerprint density at radius 2 is 2.00 bits per heavy atom. The third-order valence-electron chi connectivity index (χ3n) is 3.01. The van der Waals surface area contributed by atoms with Crippen LogP contribution >= 0.6 is 0 Å². The zero-order valence-electron chi connectivity index (χ0n) is 11.5. The monoisotopic (exact) mass is 293 g/mol. The lowest BCUT2D eigenvalue weighted by atomic mass is 10.1. The molecule has 0 aliphatic heterocycles. The van der Waals surface area contributed by atoms with Gasteiger partial charge in [-0.05, 0) is 18.6 Å². The number of rotatable bonds is 4. The van der Waals surface area contributed by atoms with E-state index in [-0.39, 0.29) is 12.4 Å². The molecule has 2 rings (SSSR count). The molecule has 0 fully saturated rings. The van der Waals surface area contributed by atoms with Gasteiger partial charge in [0.25, 0.3) is 0 Å². The van der Waals surface area contributed by atoms with Crippen molar-refractivity contribution >= 4 is 16.7 Å². The van der Waals surface area contributed by atoms with Crippen LogP contribution in [0.2, 0.25) is 0 Å². The molecular formula is C15H14F3N3. The zero-order valence-corrected chi connectivity index (χ0v) is 11.5. The van der Waals surface area contributed by atoms with Gasteiger partial charge in [0.05, 0.1) is 17.1 Å². The van der Waals surface area contributed by atoms with E-state index >= 15 is 0 Å². The fraction of sp³-hybridized carbons (Fsp3) is 0.333. The van der Waals surface area contributed by atoms with Crippen molar-refractivity contribution in [3.63, 3.8) is 0 Å². The molecule has 0 aliphatic rings. The Bertz CT molecular complexity index is 674. The highest BCUT2D eigenvalue weighted by atomic mass is 19.4. The number of halogens is 3. The maximum absolute atomic E-state index is 12.7. The number of benzene rings is 1. The number of anilines is 1. The second-order valence-corrected chi connectivity index (χ2v) is 4.69. The Balaban J connectivity index is 2.50. The molecule has 3 nitrogen and oxygen atoms in total. The second-order valence-electron chi connectivity index (χ2n) is 4.69. The van der Waals surface area contributed by atoms with Crippen LogP contribution in [0.25, 0.3) is 10.9 Å². The van der Waals surface area contributed by atoms with Crippen LogP contribution < -0.4 is 4.90 Å². The van der Waals surface area contributed by atoms with Crippen LogP contribution in [0.3, 0.4) is 0 Å². The van der Waals surface area contributed by atoms with E-state index in [1.165, 1.54) is 6.07 Å². The number of fused-ring (bicyclic) bond motifs is 1. The van der Waals surface area contributed by atoms with Gasteiger partial charge in [0.1, 0.15) is 12.4 Å². The first kappa shape index (κ1) is 15.1. The average Bonchev–Trinajstić information content (AvgIpc) is 2.44. The molecule has 0 radical (unpaired) electrons. The first-order chi connectivity index (χ1) is 9.94. The number of hydrogen-bond donors (Lipinski definition) is 0. The minimum atomic E-state index is -4.31. The smallest absolute Gasteiger partial charge is 0.347 e. The molecule has 0 atom stereocenters. The minimum Gasteiger partial charge on any atom is -0.347 e. The van der Waals surface area contributed by atoms with E-state index in [2.05, 4.69) is 4.98 Å². The van der Waals surface area contributed by atoms with Crippen LogP contribution in [0.1, 0.15) is 18.9 Å². The highest BCUT2D eigenvalue weighted by molar-refractivity contribution is 5.86. The van der Waals surface area contributed by atoms with E-state index in [0.717, 1.165) is 4.90 Å². The van der Waals surface area contributed by atoms with Gasteiger partial charge >= 0.3 is 6.18 Å². The van der Waals surface area contributed by atoms with Crippen molar-refractivity contribution in [1.82, 2.24) is 4.98 Å². The number of para-hydroxylation sites is 1. The molecule has 0 amide bonds. The van der Waals surface area contributed by atoms with Gasteiger partial charge in [-0.3, -0.25) is 0 Å². The number of hydrogen-bond acceptors (Lipinski definition) is 3. The Hall–Kier alpha value is -2.29. The summed E-state index contributed by atoms with van der Waals surface area (Å²) >= 11 is 0. The van der Waals surface area contributed by atoms with Crippen LogP contribution in [0.5, 0.6) is 0 Å². The number of nitriles is 1.